The summed E-state index contributed by atoms with van der Waals surface area (Å²) in [7, 11) is 0. The Hall–Kier alpha value is -2.43. The maximum Gasteiger partial charge on any atom is 0.172 e. The van der Waals surface area contributed by atoms with Crippen molar-refractivity contribution in [3.63, 3.8) is 0 Å². The van der Waals surface area contributed by atoms with Gasteiger partial charge in [0.1, 0.15) is 17.3 Å². The smallest absolute Gasteiger partial charge is 0.172 e. The molecule has 0 unspecified atom stereocenters. The van der Waals surface area contributed by atoms with Crippen molar-refractivity contribution in [3.8, 4) is 5.75 Å². The summed E-state index contributed by atoms with van der Waals surface area (Å²) in [4.78, 5) is 7.99. The molecule has 0 atom stereocenters. The van der Waals surface area contributed by atoms with Gasteiger partial charge >= 0.3 is 0 Å². The molecule has 0 saturated heterocycles. The van der Waals surface area contributed by atoms with Gasteiger partial charge in [0.15, 0.2) is 5.84 Å². The molecule has 4 N–H and O–H groups in total. The number of rotatable bonds is 1. The number of aliphatic imine (C=N–C) groups is 2. The zero-order valence-electron chi connectivity index (χ0n) is 8.38. The number of nitrogens with zero attached hydrogens (tertiary/aromatic N) is 2. The zero-order valence-corrected chi connectivity index (χ0v) is 8.38. The van der Waals surface area contributed by atoms with Gasteiger partial charge in [-0.2, -0.15) is 0 Å². The van der Waals surface area contributed by atoms with E-state index in [1.165, 1.54) is 12.1 Å². The molecule has 1 aromatic carbocycles. The molecule has 0 aromatic heterocycles. The van der Waals surface area contributed by atoms with Gasteiger partial charge in [-0.05, 0) is 36.4 Å². The van der Waals surface area contributed by atoms with E-state index < -0.39 is 0 Å². The third kappa shape index (κ3) is 2.14. The minimum absolute atomic E-state index is 0.0353. The van der Waals surface area contributed by atoms with Crippen molar-refractivity contribution >= 4 is 23.1 Å². The number of nitrogens with two attached hydrogens (primary N) is 1. The lowest BCUT2D eigenvalue weighted by molar-refractivity contribution is 0.475. The van der Waals surface area contributed by atoms with Crippen molar-refractivity contribution < 1.29 is 5.11 Å². The van der Waals surface area contributed by atoms with E-state index in [4.69, 9.17) is 16.2 Å². The van der Waals surface area contributed by atoms with Crippen LogP contribution in [0.1, 0.15) is 0 Å². The molecule has 16 heavy (non-hydrogen) atoms. The summed E-state index contributed by atoms with van der Waals surface area (Å²) in [6, 6.07) is 6.39. The average molecular weight is 214 g/mol. The van der Waals surface area contributed by atoms with Gasteiger partial charge < -0.3 is 10.8 Å². The van der Waals surface area contributed by atoms with Crippen LogP contribution in [-0.2, 0) is 0 Å². The average Bonchev–Trinajstić information content (AvgIpc) is 2.25. The fraction of sp³-hybridized carbons (Fsp3) is 0. The van der Waals surface area contributed by atoms with Crippen LogP contribution in [0.5, 0.6) is 5.75 Å². The fourth-order valence-electron chi connectivity index (χ4n) is 1.22. The molecule has 0 aliphatic carbocycles. The van der Waals surface area contributed by atoms with Crippen molar-refractivity contribution in [1.82, 2.24) is 0 Å². The van der Waals surface area contributed by atoms with Gasteiger partial charge in [-0.1, -0.05) is 0 Å². The SMILES string of the molecule is N=C1N=C(N)C=CC1=Nc1ccc(O)cc1. The number of benzene rings is 1. The molecule has 0 bridgehead atoms. The lowest BCUT2D eigenvalue weighted by Gasteiger charge is -2.05. The molecular weight excluding hydrogens is 204 g/mol. The normalized spacial score (nSPS) is 17.6. The van der Waals surface area contributed by atoms with Crippen LogP contribution in [0.2, 0.25) is 0 Å². The third-order valence-corrected chi connectivity index (χ3v) is 1.99. The number of amidine groups is 2. The van der Waals surface area contributed by atoms with Gasteiger partial charge in [-0.3, -0.25) is 5.41 Å². The van der Waals surface area contributed by atoms with E-state index in [9.17, 15) is 0 Å². The molecule has 0 fully saturated rings. The molecule has 1 aromatic rings. The molecule has 2 rings (SSSR count). The Balaban J connectivity index is 2.29. The van der Waals surface area contributed by atoms with E-state index in [2.05, 4.69) is 9.98 Å². The lowest BCUT2D eigenvalue weighted by Crippen LogP contribution is -2.20. The molecule has 0 spiro atoms. The zero-order chi connectivity index (χ0) is 11.5. The summed E-state index contributed by atoms with van der Waals surface area (Å²) in [5.74, 6) is 0.517. The maximum absolute atomic E-state index is 9.11. The minimum atomic E-state index is 0.0353. The fourth-order valence-corrected chi connectivity index (χ4v) is 1.22. The van der Waals surface area contributed by atoms with E-state index in [-0.39, 0.29) is 11.6 Å². The third-order valence-electron chi connectivity index (χ3n) is 1.99. The monoisotopic (exact) mass is 214 g/mol. The largest absolute Gasteiger partial charge is 0.508 e. The highest BCUT2D eigenvalue weighted by Gasteiger charge is 2.08. The van der Waals surface area contributed by atoms with Crippen LogP contribution < -0.4 is 5.73 Å². The molecule has 0 amide bonds. The second-order valence-electron chi connectivity index (χ2n) is 3.23. The highest BCUT2D eigenvalue weighted by atomic mass is 16.3. The molecule has 0 saturated carbocycles. The van der Waals surface area contributed by atoms with Gasteiger partial charge in [0.2, 0.25) is 0 Å². The van der Waals surface area contributed by atoms with Crippen LogP contribution in [0.25, 0.3) is 0 Å². The van der Waals surface area contributed by atoms with Crippen LogP contribution in [0.3, 0.4) is 0 Å². The number of nitrogens with one attached hydrogen (secondary N) is 1. The first-order valence-corrected chi connectivity index (χ1v) is 4.64. The Morgan fingerprint density at radius 1 is 1.19 bits per heavy atom. The van der Waals surface area contributed by atoms with E-state index >= 15 is 0 Å². The summed E-state index contributed by atoms with van der Waals surface area (Å²) < 4.78 is 0. The van der Waals surface area contributed by atoms with Crippen molar-refractivity contribution in [3.05, 3.63) is 36.4 Å². The molecule has 1 heterocycles. The minimum Gasteiger partial charge on any atom is -0.508 e. The second-order valence-corrected chi connectivity index (χ2v) is 3.23. The van der Waals surface area contributed by atoms with E-state index in [1.54, 1.807) is 24.3 Å². The van der Waals surface area contributed by atoms with Crippen LogP contribution in [0.4, 0.5) is 5.69 Å². The number of hydrogen-bond donors (Lipinski definition) is 3. The van der Waals surface area contributed by atoms with Crippen molar-refractivity contribution in [2.24, 2.45) is 15.7 Å². The molecule has 5 heteroatoms. The maximum atomic E-state index is 9.11. The Labute approximate surface area is 92.2 Å². The number of phenols is 1. The first kappa shape index (κ1) is 10.1. The molecule has 1 aliphatic heterocycles. The van der Waals surface area contributed by atoms with Crippen LogP contribution in [0.15, 0.2) is 46.4 Å². The van der Waals surface area contributed by atoms with Crippen molar-refractivity contribution in [1.29, 1.82) is 5.41 Å². The molecule has 80 valence electrons. The van der Waals surface area contributed by atoms with Crippen molar-refractivity contribution in [2.45, 2.75) is 0 Å². The summed E-state index contributed by atoms with van der Waals surface area (Å²) >= 11 is 0. The highest BCUT2D eigenvalue weighted by Crippen LogP contribution is 2.17. The summed E-state index contributed by atoms with van der Waals surface area (Å²) in [6.45, 7) is 0. The second kappa shape index (κ2) is 3.98. The predicted molar refractivity (Wildman–Crippen MR) is 63.7 cm³/mol. The van der Waals surface area contributed by atoms with Crippen LogP contribution in [-0.4, -0.2) is 22.5 Å². The topological polar surface area (TPSA) is 94.8 Å². The number of aromatic hydroxyl groups is 1. The Morgan fingerprint density at radius 3 is 2.50 bits per heavy atom. The Bertz CT molecular complexity index is 511. The highest BCUT2D eigenvalue weighted by molar-refractivity contribution is 6.48. The number of dihydropyridines is 1. The van der Waals surface area contributed by atoms with Crippen molar-refractivity contribution in [2.75, 3.05) is 0 Å². The van der Waals surface area contributed by atoms with Gasteiger partial charge in [0, 0.05) is 0 Å². The van der Waals surface area contributed by atoms with Gasteiger partial charge in [-0.15, -0.1) is 0 Å². The van der Waals surface area contributed by atoms with Crippen LogP contribution in [0, 0.1) is 5.41 Å². The Kier molecular flexibility index (Phi) is 2.51. The Morgan fingerprint density at radius 2 is 1.88 bits per heavy atom. The summed E-state index contributed by atoms with van der Waals surface area (Å²) in [6.07, 6.45) is 3.23. The standard InChI is InChI=1S/C11H10N4O/c12-10-6-5-9(11(13)15-10)14-7-1-3-8(16)4-2-7/h1-6,16H,(H3,12,13,15). The van der Waals surface area contributed by atoms with E-state index in [1.807, 2.05) is 0 Å². The van der Waals surface area contributed by atoms with E-state index in [0.717, 1.165) is 0 Å². The van der Waals surface area contributed by atoms with Gasteiger partial charge in [0.25, 0.3) is 0 Å². The first-order chi connectivity index (χ1) is 7.65. The molecule has 5 nitrogen and oxygen atoms in total. The quantitative estimate of drug-likeness (QED) is 0.658. The number of hydrogen-bond acceptors (Lipinski definition) is 4. The van der Waals surface area contributed by atoms with Crippen LogP contribution >= 0.6 is 0 Å². The number of phenolic OH excluding ortho intramolecular Hbond substituents is 1. The first-order valence-electron chi connectivity index (χ1n) is 4.64. The van der Waals surface area contributed by atoms with Gasteiger partial charge in [0.05, 0.1) is 5.69 Å². The molecule has 0 radical (unpaired) electrons. The predicted octanol–water partition coefficient (Wildman–Crippen LogP) is 1.37. The van der Waals surface area contributed by atoms with Gasteiger partial charge in [-0.25, -0.2) is 9.98 Å². The molecular formula is C11H10N4O. The summed E-state index contributed by atoms with van der Waals surface area (Å²) in [5.41, 5.74) is 6.53. The van der Waals surface area contributed by atoms with E-state index in [0.29, 0.717) is 17.2 Å². The lowest BCUT2D eigenvalue weighted by atomic mass is 10.2. The molecule has 1 aliphatic rings. The summed E-state index contributed by atoms with van der Waals surface area (Å²) in [5, 5.41) is 16.7.